The summed E-state index contributed by atoms with van der Waals surface area (Å²) in [5.74, 6) is -1.62. The molecule has 88 valence electrons. The van der Waals surface area contributed by atoms with Gasteiger partial charge in [-0.2, -0.15) is 0 Å². The number of aliphatic hydroxyl groups is 1. The van der Waals surface area contributed by atoms with E-state index in [9.17, 15) is 9.90 Å². The average Bonchev–Trinajstić information content (AvgIpc) is 2.01. The van der Waals surface area contributed by atoms with Crippen molar-refractivity contribution in [3.05, 3.63) is 0 Å². The summed E-state index contributed by atoms with van der Waals surface area (Å²) in [5.41, 5.74) is -0.695. The molecule has 3 heteroatoms. The Morgan fingerprint density at radius 1 is 1.27 bits per heavy atom. The van der Waals surface area contributed by atoms with Crippen LogP contribution in [0.25, 0.3) is 0 Å². The molecule has 1 aliphatic rings. The van der Waals surface area contributed by atoms with E-state index < -0.39 is 5.79 Å². The van der Waals surface area contributed by atoms with Gasteiger partial charge in [0.05, 0.1) is 0 Å². The third kappa shape index (κ3) is 1.78. The molecule has 0 aromatic rings. The first kappa shape index (κ1) is 12.5. The summed E-state index contributed by atoms with van der Waals surface area (Å²) in [6, 6.07) is 0. The van der Waals surface area contributed by atoms with Crippen molar-refractivity contribution in [3.63, 3.8) is 0 Å². The van der Waals surface area contributed by atoms with Crippen molar-refractivity contribution in [1.82, 2.24) is 0 Å². The molecule has 0 bridgehead atoms. The highest BCUT2D eigenvalue weighted by Crippen LogP contribution is 2.62. The van der Waals surface area contributed by atoms with Gasteiger partial charge < -0.3 is 9.84 Å². The number of ether oxygens (including phenoxy) is 1. The maximum absolute atomic E-state index is 11.4. The topological polar surface area (TPSA) is 46.5 Å². The van der Waals surface area contributed by atoms with Crippen molar-refractivity contribution in [1.29, 1.82) is 0 Å². The van der Waals surface area contributed by atoms with E-state index in [0.29, 0.717) is 6.42 Å². The zero-order chi connectivity index (χ0) is 11.9. The molecule has 0 amide bonds. The van der Waals surface area contributed by atoms with Crippen LogP contribution < -0.4 is 0 Å². The smallest absolute Gasteiger partial charge is 0.308 e. The monoisotopic (exact) mass is 214 g/mol. The van der Waals surface area contributed by atoms with E-state index in [1.165, 1.54) is 0 Å². The molecule has 1 rings (SSSR count). The molecule has 15 heavy (non-hydrogen) atoms. The van der Waals surface area contributed by atoms with Gasteiger partial charge >= 0.3 is 5.97 Å². The second-order valence-corrected chi connectivity index (χ2v) is 5.81. The van der Waals surface area contributed by atoms with Crippen molar-refractivity contribution >= 4 is 5.97 Å². The third-order valence-corrected chi connectivity index (χ3v) is 3.43. The fraction of sp³-hybridized carbons (Fsp3) is 0.917. The number of hydrogen-bond acceptors (Lipinski definition) is 3. The van der Waals surface area contributed by atoms with Gasteiger partial charge in [-0.1, -0.05) is 34.6 Å². The van der Waals surface area contributed by atoms with Gasteiger partial charge in [-0.25, -0.2) is 0 Å². The van der Waals surface area contributed by atoms with Gasteiger partial charge in [0.25, 0.3) is 0 Å². The number of esters is 1. The second-order valence-electron chi connectivity index (χ2n) is 5.81. The number of carbonyl (C=O) groups is 1. The van der Waals surface area contributed by atoms with E-state index in [1.54, 1.807) is 0 Å². The first-order chi connectivity index (χ1) is 6.66. The lowest BCUT2D eigenvalue weighted by molar-refractivity contribution is -0.369. The molecular weight excluding hydrogens is 192 g/mol. The Kier molecular flexibility index (Phi) is 2.90. The summed E-state index contributed by atoms with van der Waals surface area (Å²) in [7, 11) is 0. The summed E-state index contributed by atoms with van der Waals surface area (Å²) in [6.07, 6.45) is 1.97. The van der Waals surface area contributed by atoms with Crippen molar-refractivity contribution in [2.24, 2.45) is 10.8 Å². The lowest BCUT2D eigenvalue weighted by Gasteiger charge is -2.62. The zero-order valence-corrected chi connectivity index (χ0v) is 10.4. The average molecular weight is 214 g/mol. The van der Waals surface area contributed by atoms with Crippen molar-refractivity contribution in [2.75, 3.05) is 0 Å². The minimum atomic E-state index is -1.31. The largest absolute Gasteiger partial charge is 0.432 e. The Bertz CT molecular complexity index is 252. The second kappa shape index (κ2) is 3.48. The van der Waals surface area contributed by atoms with Crippen LogP contribution in [0.5, 0.6) is 0 Å². The summed E-state index contributed by atoms with van der Waals surface area (Å²) < 4.78 is 5.26. The van der Waals surface area contributed by atoms with Gasteiger partial charge in [0.15, 0.2) is 0 Å². The fourth-order valence-corrected chi connectivity index (χ4v) is 2.85. The van der Waals surface area contributed by atoms with Gasteiger partial charge in [0, 0.05) is 17.3 Å². The number of rotatable bonds is 3. The van der Waals surface area contributed by atoms with E-state index >= 15 is 0 Å². The standard InChI is InChI=1S/C12H22O3/c1-6-7-9(13)15-12(14)10(2,3)8-11(12,4)5/h14H,6-8H2,1-5H3. The molecule has 0 radical (unpaired) electrons. The highest BCUT2D eigenvalue weighted by atomic mass is 16.7. The molecule has 3 nitrogen and oxygen atoms in total. The summed E-state index contributed by atoms with van der Waals surface area (Å²) in [5, 5.41) is 10.4. The van der Waals surface area contributed by atoms with Crippen LogP contribution in [0.3, 0.4) is 0 Å². The molecule has 0 atom stereocenters. The maximum Gasteiger partial charge on any atom is 0.308 e. The minimum absolute atomic E-state index is 0.305. The van der Waals surface area contributed by atoms with Gasteiger partial charge in [0.1, 0.15) is 0 Å². The number of carbonyl (C=O) groups excluding carboxylic acids is 1. The summed E-state index contributed by atoms with van der Waals surface area (Å²) in [6.45, 7) is 9.63. The molecule has 0 aromatic heterocycles. The molecule has 1 N–H and O–H groups in total. The van der Waals surface area contributed by atoms with Crippen LogP contribution in [0.2, 0.25) is 0 Å². The Morgan fingerprint density at radius 3 is 2.07 bits per heavy atom. The van der Waals surface area contributed by atoms with Crippen LogP contribution >= 0.6 is 0 Å². The van der Waals surface area contributed by atoms with Crippen LogP contribution in [-0.4, -0.2) is 16.9 Å². The maximum atomic E-state index is 11.4. The van der Waals surface area contributed by atoms with Crippen molar-refractivity contribution in [2.45, 2.75) is 59.7 Å². The number of hydrogen-bond donors (Lipinski definition) is 1. The molecular formula is C12H22O3. The Balaban J connectivity index is 2.76. The molecule has 0 spiro atoms. The third-order valence-electron chi connectivity index (χ3n) is 3.43. The molecule has 1 fully saturated rings. The van der Waals surface area contributed by atoms with Crippen molar-refractivity contribution < 1.29 is 14.6 Å². The van der Waals surface area contributed by atoms with E-state index in [-0.39, 0.29) is 16.8 Å². The van der Waals surface area contributed by atoms with E-state index in [4.69, 9.17) is 4.74 Å². The molecule has 0 saturated heterocycles. The minimum Gasteiger partial charge on any atom is -0.432 e. The normalized spacial score (nSPS) is 25.5. The Morgan fingerprint density at radius 2 is 1.73 bits per heavy atom. The first-order valence-corrected chi connectivity index (χ1v) is 5.60. The SMILES string of the molecule is CCCC(=O)OC1(O)C(C)(C)CC1(C)C. The van der Waals surface area contributed by atoms with E-state index in [1.807, 2.05) is 34.6 Å². The molecule has 0 heterocycles. The molecule has 0 unspecified atom stereocenters. The van der Waals surface area contributed by atoms with E-state index in [0.717, 1.165) is 12.8 Å². The van der Waals surface area contributed by atoms with Gasteiger partial charge in [-0.15, -0.1) is 0 Å². The Labute approximate surface area is 91.8 Å². The highest BCUT2D eigenvalue weighted by molar-refractivity contribution is 5.70. The van der Waals surface area contributed by atoms with Crippen LogP contribution in [0.4, 0.5) is 0 Å². The first-order valence-electron chi connectivity index (χ1n) is 5.60. The van der Waals surface area contributed by atoms with Gasteiger partial charge in [0.2, 0.25) is 5.79 Å². The predicted octanol–water partition coefficient (Wildman–Crippen LogP) is 2.47. The van der Waals surface area contributed by atoms with Crippen LogP contribution in [0.15, 0.2) is 0 Å². The quantitative estimate of drug-likeness (QED) is 0.580. The lowest BCUT2D eigenvalue weighted by atomic mass is 9.50. The molecule has 0 aromatic carbocycles. The summed E-state index contributed by atoms with van der Waals surface area (Å²) >= 11 is 0. The fourth-order valence-electron chi connectivity index (χ4n) is 2.85. The Hall–Kier alpha value is -0.570. The highest BCUT2D eigenvalue weighted by Gasteiger charge is 2.67. The summed E-state index contributed by atoms with van der Waals surface area (Å²) in [4.78, 5) is 11.4. The van der Waals surface area contributed by atoms with Crippen LogP contribution in [0.1, 0.15) is 53.9 Å². The predicted molar refractivity (Wildman–Crippen MR) is 58.1 cm³/mol. The lowest BCUT2D eigenvalue weighted by Crippen LogP contribution is -2.68. The van der Waals surface area contributed by atoms with Crippen LogP contribution in [-0.2, 0) is 9.53 Å². The van der Waals surface area contributed by atoms with Crippen LogP contribution in [0, 0.1) is 10.8 Å². The van der Waals surface area contributed by atoms with Gasteiger partial charge in [-0.05, 0) is 12.8 Å². The zero-order valence-electron chi connectivity index (χ0n) is 10.4. The van der Waals surface area contributed by atoms with E-state index in [2.05, 4.69) is 0 Å². The molecule has 0 aliphatic heterocycles. The molecule has 1 aliphatic carbocycles. The van der Waals surface area contributed by atoms with Gasteiger partial charge in [-0.3, -0.25) is 4.79 Å². The van der Waals surface area contributed by atoms with Crippen molar-refractivity contribution in [3.8, 4) is 0 Å². The molecule has 1 saturated carbocycles.